The molecule has 1 heterocycles. The number of allylic oxidation sites excluding steroid dienone is 2. The lowest BCUT2D eigenvalue weighted by Crippen LogP contribution is -2.57. The first-order valence-corrected chi connectivity index (χ1v) is 8.61. The first kappa shape index (κ1) is 15.9. The number of nitrogens with zero attached hydrogens (tertiary/aromatic N) is 2. The van der Waals surface area contributed by atoms with Crippen LogP contribution in [0.4, 0.5) is 0 Å². The fraction of sp³-hybridized carbons (Fsp3) is 0.647. The average Bonchev–Trinajstić information content (AvgIpc) is 2.74. The van der Waals surface area contributed by atoms with E-state index in [2.05, 4.69) is 53.2 Å². The Labute approximate surface area is 140 Å². The van der Waals surface area contributed by atoms with E-state index in [4.69, 9.17) is 0 Å². The van der Waals surface area contributed by atoms with Gasteiger partial charge in [-0.3, -0.25) is 4.79 Å². The van der Waals surface area contributed by atoms with Crippen molar-refractivity contribution < 1.29 is 4.79 Å². The maximum absolute atomic E-state index is 12.6. The lowest BCUT2D eigenvalue weighted by molar-refractivity contribution is -0.130. The number of nitriles is 1. The first-order valence-electron chi connectivity index (χ1n) is 7.81. The number of ketones is 1. The molecule has 0 amide bonds. The fourth-order valence-corrected chi connectivity index (χ4v) is 4.80. The summed E-state index contributed by atoms with van der Waals surface area (Å²) in [5.74, 6) is 0.308. The van der Waals surface area contributed by atoms with Gasteiger partial charge in [0.15, 0.2) is 0 Å². The molecule has 0 bridgehead atoms. The molecule has 4 atom stereocenters. The predicted octanol–water partition coefficient (Wildman–Crippen LogP) is 3.07. The monoisotopic (exact) mass is 363 g/mol. The van der Waals surface area contributed by atoms with Crippen molar-refractivity contribution in [2.24, 2.45) is 11.3 Å². The van der Waals surface area contributed by atoms with Crippen molar-refractivity contribution in [1.29, 1.82) is 5.26 Å². The molecule has 118 valence electrons. The summed E-state index contributed by atoms with van der Waals surface area (Å²) in [6.45, 7) is 6.35. The van der Waals surface area contributed by atoms with Gasteiger partial charge >= 0.3 is 0 Å². The van der Waals surface area contributed by atoms with Gasteiger partial charge in [-0.15, -0.1) is 0 Å². The summed E-state index contributed by atoms with van der Waals surface area (Å²) in [6, 6.07) is 2.64. The van der Waals surface area contributed by atoms with Gasteiger partial charge in [-0.1, -0.05) is 41.9 Å². The smallest absolute Gasteiger partial charge is 0.145 e. The van der Waals surface area contributed by atoms with Crippen LogP contribution in [0.2, 0.25) is 0 Å². The summed E-state index contributed by atoms with van der Waals surface area (Å²) in [7, 11) is 0. The maximum atomic E-state index is 12.6. The Kier molecular flexibility index (Phi) is 3.83. The summed E-state index contributed by atoms with van der Waals surface area (Å²) >= 11 is 3.53. The van der Waals surface area contributed by atoms with Crippen LogP contribution in [0.25, 0.3) is 0 Å². The normalized spacial score (nSPS) is 41.0. The molecule has 0 spiro atoms. The lowest BCUT2D eigenvalue weighted by atomic mass is 9.68. The Balaban J connectivity index is 1.98. The van der Waals surface area contributed by atoms with Crippen molar-refractivity contribution in [1.82, 2.24) is 10.4 Å². The summed E-state index contributed by atoms with van der Waals surface area (Å²) in [6.07, 6.45) is 8.02. The summed E-state index contributed by atoms with van der Waals surface area (Å²) < 4.78 is 1.01. The van der Waals surface area contributed by atoms with Crippen LogP contribution in [0.1, 0.15) is 40.0 Å². The molecule has 0 radical (unpaired) electrons. The van der Waals surface area contributed by atoms with E-state index in [1.165, 1.54) is 0 Å². The second-order valence-electron chi connectivity index (χ2n) is 7.58. The quantitative estimate of drug-likeness (QED) is 0.777. The van der Waals surface area contributed by atoms with E-state index in [1.807, 2.05) is 18.2 Å². The van der Waals surface area contributed by atoms with Crippen LogP contribution in [-0.4, -0.2) is 28.4 Å². The van der Waals surface area contributed by atoms with E-state index in [-0.39, 0.29) is 23.4 Å². The van der Waals surface area contributed by atoms with Gasteiger partial charge in [0.2, 0.25) is 0 Å². The van der Waals surface area contributed by atoms with Gasteiger partial charge in [-0.25, -0.2) is 10.4 Å². The minimum absolute atomic E-state index is 0.00959. The summed E-state index contributed by atoms with van der Waals surface area (Å²) in [5.41, 5.74) is 2.70. The van der Waals surface area contributed by atoms with E-state index in [9.17, 15) is 10.1 Å². The summed E-state index contributed by atoms with van der Waals surface area (Å²) in [4.78, 5) is 12.6. The molecular formula is C17H22BrN3O. The van der Waals surface area contributed by atoms with Crippen LogP contribution in [0.3, 0.4) is 0 Å². The zero-order chi connectivity index (χ0) is 16.1. The highest BCUT2D eigenvalue weighted by molar-refractivity contribution is 9.11. The van der Waals surface area contributed by atoms with Crippen molar-refractivity contribution in [3.63, 3.8) is 0 Å². The highest BCUT2D eigenvalue weighted by Crippen LogP contribution is 2.46. The van der Waals surface area contributed by atoms with Crippen molar-refractivity contribution in [2.45, 2.75) is 57.7 Å². The topological polar surface area (TPSA) is 56.1 Å². The molecule has 2 aliphatic carbocycles. The molecule has 1 saturated carbocycles. The number of Topliss-reactive ketones (excluding diaryl/α,β-unsaturated/α-hetero) is 1. The largest absolute Gasteiger partial charge is 0.299 e. The number of halogens is 1. The molecule has 1 saturated heterocycles. The molecule has 3 aliphatic rings. The second-order valence-corrected chi connectivity index (χ2v) is 8.60. The van der Waals surface area contributed by atoms with E-state index in [0.29, 0.717) is 18.6 Å². The van der Waals surface area contributed by atoms with E-state index >= 15 is 0 Å². The highest BCUT2D eigenvalue weighted by atomic mass is 79.9. The van der Waals surface area contributed by atoms with Crippen LogP contribution in [0.15, 0.2) is 22.7 Å². The second kappa shape index (κ2) is 5.30. The van der Waals surface area contributed by atoms with Crippen molar-refractivity contribution in [2.75, 3.05) is 0 Å². The highest BCUT2D eigenvalue weighted by Gasteiger charge is 2.55. The average molecular weight is 364 g/mol. The molecule has 2 fully saturated rings. The first-order chi connectivity index (χ1) is 10.3. The zero-order valence-corrected chi connectivity index (χ0v) is 14.9. The van der Waals surface area contributed by atoms with Crippen molar-refractivity contribution in [3.8, 4) is 6.07 Å². The number of fused-ring (bicyclic) bond motifs is 1. The molecule has 0 aromatic carbocycles. The number of hydrogen-bond acceptors (Lipinski definition) is 4. The van der Waals surface area contributed by atoms with Crippen LogP contribution in [0, 0.1) is 22.7 Å². The molecule has 1 N–H and O–H groups in total. The van der Waals surface area contributed by atoms with Crippen molar-refractivity contribution in [3.05, 3.63) is 22.7 Å². The maximum Gasteiger partial charge on any atom is 0.145 e. The minimum Gasteiger partial charge on any atom is -0.299 e. The number of rotatable bonds is 1. The van der Waals surface area contributed by atoms with Gasteiger partial charge in [0.05, 0.1) is 12.0 Å². The third-order valence-corrected chi connectivity index (χ3v) is 5.67. The van der Waals surface area contributed by atoms with E-state index < -0.39 is 5.54 Å². The van der Waals surface area contributed by atoms with Crippen LogP contribution >= 0.6 is 15.9 Å². The standard InChI is InChI=1S/C17H22BrN3O/c1-11-15-13(8-16(2,3)9-14(15)22)21(20-11)17(10-19)6-4-5-12(18)7-17/h4-6,11,13,15,20H,7-9H2,1-3H3. The third kappa shape index (κ3) is 2.47. The number of carbonyl (C=O) groups is 1. The Bertz CT molecular complexity index is 604. The molecule has 3 rings (SSSR count). The van der Waals surface area contributed by atoms with Gasteiger partial charge < -0.3 is 0 Å². The van der Waals surface area contributed by atoms with E-state index in [0.717, 1.165) is 10.9 Å². The Morgan fingerprint density at radius 2 is 2.18 bits per heavy atom. The Morgan fingerprint density at radius 1 is 1.45 bits per heavy atom. The van der Waals surface area contributed by atoms with Gasteiger partial charge in [0.1, 0.15) is 11.3 Å². The van der Waals surface area contributed by atoms with Gasteiger partial charge in [-0.2, -0.15) is 5.26 Å². The van der Waals surface area contributed by atoms with E-state index in [1.54, 1.807) is 0 Å². The molecule has 4 unspecified atom stereocenters. The van der Waals surface area contributed by atoms with Gasteiger partial charge in [0.25, 0.3) is 0 Å². The molecule has 22 heavy (non-hydrogen) atoms. The molecule has 5 heteroatoms. The number of hydrazine groups is 1. The molecule has 0 aromatic heterocycles. The summed E-state index contributed by atoms with van der Waals surface area (Å²) in [5, 5.41) is 11.9. The Morgan fingerprint density at radius 3 is 2.82 bits per heavy atom. The van der Waals surface area contributed by atoms with Crippen molar-refractivity contribution >= 4 is 21.7 Å². The predicted molar refractivity (Wildman–Crippen MR) is 88.8 cm³/mol. The number of nitrogens with one attached hydrogen (secondary N) is 1. The third-order valence-electron chi connectivity index (χ3n) is 5.12. The zero-order valence-electron chi connectivity index (χ0n) is 13.3. The lowest BCUT2D eigenvalue weighted by Gasteiger charge is -2.44. The molecule has 4 nitrogen and oxygen atoms in total. The van der Waals surface area contributed by atoms with Crippen LogP contribution in [0.5, 0.6) is 0 Å². The number of carbonyl (C=O) groups excluding carboxylic acids is 1. The fourth-order valence-electron chi connectivity index (χ4n) is 4.22. The van der Waals surface area contributed by atoms with Crippen LogP contribution in [-0.2, 0) is 4.79 Å². The minimum atomic E-state index is -0.727. The SMILES string of the molecule is CC1NN(C2(C#N)C=CC=C(Br)C2)C2CC(C)(C)CC(=O)C12. The molecule has 0 aromatic rings. The number of hydrogen-bond donors (Lipinski definition) is 1. The van der Waals surface area contributed by atoms with Gasteiger partial charge in [0, 0.05) is 24.9 Å². The van der Waals surface area contributed by atoms with Crippen LogP contribution < -0.4 is 5.43 Å². The molecular weight excluding hydrogens is 342 g/mol. The molecule has 1 aliphatic heterocycles. The Hall–Kier alpha value is -0.960. The van der Waals surface area contributed by atoms with Gasteiger partial charge in [-0.05, 0) is 29.3 Å².